The number of rotatable bonds is 8. The number of nitrogens with one attached hydrogen (secondary N) is 1. The highest BCUT2D eigenvalue weighted by Gasteiger charge is 2.19. The summed E-state index contributed by atoms with van der Waals surface area (Å²) < 4.78 is 12.5. The van der Waals surface area contributed by atoms with Gasteiger partial charge in [0.15, 0.2) is 11.8 Å². The molecular formula is C17H24N6O3. The highest BCUT2D eigenvalue weighted by Crippen LogP contribution is 2.12. The van der Waals surface area contributed by atoms with E-state index in [1.165, 1.54) is 0 Å². The Labute approximate surface area is 151 Å². The van der Waals surface area contributed by atoms with Crippen molar-refractivity contribution in [3.63, 3.8) is 0 Å². The van der Waals surface area contributed by atoms with Gasteiger partial charge in [-0.1, -0.05) is 13.3 Å². The Morgan fingerprint density at radius 3 is 3.15 bits per heavy atom. The molecule has 1 aliphatic heterocycles. The van der Waals surface area contributed by atoms with Crippen LogP contribution in [0.4, 0.5) is 0 Å². The minimum atomic E-state index is -0.366. The van der Waals surface area contributed by atoms with Gasteiger partial charge >= 0.3 is 11.7 Å². The van der Waals surface area contributed by atoms with E-state index in [-0.39, 0.29) is 11.8 Å². The third-order valence-corrected chi connectivity index (χ3v) is 4.37. The second-order valence-corrected chi connectivity index (χ2v) is 6.32. The van der Waals surface area contributed by atoms with Crippen LogP contribution in [0.1, 0.15) is 26.2 Å². The van der Waals surface area contributed by atoms with E-state index in [0.717, 1.165) is 32.4 Å². The molecule has 1 N–H and O–H groups in total. The van der Waals surface area contributed by atoms with Crippen molar-refractivity contribution in [2.24, 2.45) is 0 Å². The van der Waals surface area contributed by atoms with Crippen molar-refractivity contribution in [3.05, 3.63) is 16.7 Å². The quantitative estimate of drug-likeness (QED) is 0.697. The van der Waals surface area contributed by atoms with Gasteiger partial charge in [-0.05, 0) is 12.8 Å². The summed E-state index contributed by atoms with van der Waals surface area (Å²) in [4.78, 5) is 25.7. The molecule has 1 aliphatic rings. The first kappa shape index (κ1) is 18.4. The predicted octanol–water partition coefficient (Wildman–Crippen LogP) is 0.913. The summed E-state index contributed by atoms with van der Waals surface area (Å²) >= 11 is 0. The highest BCUT2D eigenvalue weighted by molar-refractivity contribution is 5.69. The maximum Gasteiger partial charge on any atom is 0.327 e. The molecular weight excluding hydrogens is 336 g/mol. The van der Waals surface area contributed by atoms with Gasteiger partial charge in [-0.2, -0.15) is 10.2 Å². The van der Waals surface area contributed by atoms with Crippen LogP contribution in [-0.4, -0.2) is 63.4 Å². The largest absolute Gasteiger partial charge is 0.463 e. The zero-order valence-electron chi connectivity index (χ0n) is 15.0. The highest BCUT2D eigenvalue weighted by atomic mass is 16.5. The van der Waals surface area contributed by atoms with E-state index in [4.69, 9.17) is 14.7 Å². The second-order valence-electron chi connectivity index (χ2n) is 6.32. The maximum atomic E-state index is 12.2. The Morgan fingerprint density at radius 1 is 1.46 bits per heavy atom. The molecule has 0 saturated carbocycles. The number of nitriles is 1. The molecule has 1 atom stereocenters. The predicted molar refractivity (Wildman–Crippen MR) is 95.0 cm³/mol. The summed E-state index contributed by atoms with van der Waals surface area (Å²) in [6, 6.07) is 2.44. The van der Waals surface area contributed by atoms with E-state index in [2.05, 4.69) is 32.8 Å². The lowest BCUT2D eigenvalue weighted by Gasteiger charge is -2.29. The Morgan fingerprint density at radius 2 is 2.35 bits per heavy atom. The molecule has 140 valence electrons. The van der Waals surface area contributed by atoms with Crippen molar-refractivity contribution >= 4 is 11.2 Å². The first-order chi connectivity index (χ1) is 12.7. The van der Waals surface area contributed by atoms with Crippen LogP contribution in [0.5, 0.6) is 6.01 Å². The summed E-state index contributed by atoms with van der Waals surface area (Å²) in [5.41, 5.74) is 0.971. The number of H-pyrrole nitrogens is 1. The standard InChI is InChI=1S/C17H24N6O3/c1-2-3-8-26-16-19-11-14-15(21-16)23(17(24)20-14)6-4-5-22-7-9-25-13(10-18)12-22/h11,13H,2-9,12H2,1H3,(H,20,24). The average Bonchev–Trinajstić information content (AvgIpc) is 2.97. The third kappa shape index (κ3) is 4.39. The number of hydrogen-bond donors (Lipinski definition) is 1. The van der Waals surface area contributed by atoms with Crippen LogP contribution in [0.15, 0.2) is 11.0 Å². The number of fused-ring (bicyclic) bond motifs is 1. The number of aryl methyl sites for hydroxylation is 1. The van der Waals surface area contributed by atoms with Crippen molar-refractivity contribution in [3.8, 4) is 12.1 Å². The summed E-state index contributed by atoms with van der Waals surface area (Å²) in [7, 11) is 0. The monoisotopic (exact) mass is 360 g/mol. The maximum absolute atomic E-state index is 12.2. The number of hydrogen-bond acceptors (Lipinski definition) is 7. The number of imidazole rings is 1. The fourth-order valence-electron chi connectivity index (χ4n) is 2.95. The van der Waals surface area contributed by atoms with Crippen molar-refractivity contribution < 1.29 is 9.47 Å². The summed E-state index contributed by atoms with van der Waals surface area (Å²) in [6.45, 7) is 5.97. The van der Waals surface area contributed by atoms with Crippen molar-refractivity contribution in [2.75, 3.05) is 32.8 Å². The lowest BCUT2D eigenvalue weighted by Crippen LogP contribution is -2.42. The van der Waals surface area contributed by atoms with Gasteiger partial charge in [-0.3, -0.25) is 9.47 Å². The molecule has 0 bridgehead atoms. The molecule has 0 aromatic carbocycles. The summed E-state index contributed by atoms with van der Waals surface area (Å²) in [5.74, 6) is 0. The Bertz CT molecular complexity index is 824. The minimum Gasteiger partial charge on any atom is -0.463 e. The molecule has 3 rings (SSSR count). The normalized spacial score (nSPS) is 18.1. The fourth-order valence-corrected chi connectivity index (χ4v) is 2.95. The van der Waals surface area contributed by atoms with Gasteiger partial charge in [0.2, 0.25) is 0 Å². The molecule has 3 heterocycles. The average molecular weight is 360 g/mol. The molecule has 1 saturated heterocycles. The molecule has 2 aromatic heterocycles. The molecule has 2 aromatic rings. The van der Waals surface area contributed by atoms with E-state index < -0.39 is 0 Å². The molecule has 0 aliphatic carbocycles. The molecule has 0 amide bonds. The van der Waals surface area contributed by atoms with E-state index in [9.17, 15) is 4.79 Å². The van der Waals surface area contributed by atoms with Crippen LogP contribution in [-0.2, 0) is 11.3 Å². The molecule has 26 heavy (non-hydrogen) atoms. The van der Waals surface area contributed by atoms with Gasteiger partial charge < -0.3 is 14.5 Å². The van der Waals surface area contributed by atoms with Crippen molar-refractivity contribution in [1.82, 2.24) is 24.4 Å². The topological polar surface area (TPSA) is 109 Å². The fraction of sp³-hybridized carbons (Fsp3) is 0.647. The van der Waals surface area contributed by atoms with Gasteiger partial charge in [-0.25, -0.2) is 9.78 Å². The zero-order chi connectivity index (χ0) is 18.4. The number of unbranched alkanes of at least 4 members (excludes halogenated alkanes) is 1. The SMILES string of the molecule is CCCCOc1ncc2[nH]c(=O)n(CCCN3CCOC(C#N)C3)c2n1. The van der Waals surface area contributed by atoms with E-state index >= 15 is 0 Å². The molecule has 1 fully saturated rings. The Balaban J connectivity index is 1.63. The smallest absolute Gasteiger partial charge is 0.327 e. The zero-order valence-corrected chi connectivity index (χ0v) is 15.0. The van der Waals surface area contributed by atoms with Crippen LogP contribution in [0.25, 0.3) is 11.2 Å². The molecule has 0 spiro atoms. The minimum absolute atomic E-state index is 0.197. The summed E-state index contributed by atoms with van der Waals surface area (Å²) in [6.07, 6.45) is 3.97. The van der Waals surface area contributed by atoms with Crippen molar-refractivity contribution in [2.45, 2.75) is 38.8 Å². The van der Waals surface area contributed by atoms with Gasteiger partial charge in [0, 0.05) is 26.2 Å². The van der Waals surface area contributed by atoms with Gasteiger partial charge in [0.25, 0.3) is 0 Å². The number of ether oxygens (including phenoxy) is 2. The van der Waals surface area contributed by atoms with Gasteiger partial charge in [0.1, 0.15) is 5.52 Å². The van der Waals surface area contributed by atoms with Crippen molar-refractivity contribution in [1.29, 1.82) is 5.26 Å². The number of nitrogens with zero attached hydrogens (tertiary/aromatic N) is 5. The van der Waals surface area contributed by atoms with E-state index in [1.54, 1.807) is 10.8 Å². The third-order valence-electron chi connectivity index (χ3n) is 4.37. The van der Waals surface area contributed by atoms with Crippen LogP contribution < -0.4 is 10.4 Å². The number of aromatic nitrogens is 4. The first-order valence-electron chi connectivity index (χ1n) is 9.03. The summed E-state index contributed by atoms with van der Waals surface area (Å²) in [5, 5.41) is 8.97. The van der Waals surface area contributed by atoms with Gasteiger partial charge in [0.05, 0.1) is 25.5 Å². The lowest BCUT2D eigenvalue weighted by atomic mass is 10.2. The van der Waals surface area contributed by atoms with E-state index in [1.807, 2.05) is 0 Å². The molecule has 1 unspecified atom stereocenters. The lowest BCUT2D eigenvalue weighted by molar-refractivity contribution is -0.000109. The number of aromatic amines is 1. The van der Waals surface area contributed by atoms with Crippen LogP contribution in [0.2, 0.25) is 0 Å². The van der Waals surface area contributed by atoms with Crippen LogP contribution in [0.3, 0.4) is 0 Å². The second kappa shape index (κ2) is 8.78. The number of morpholine rings is 1. The van der Waals surface area contributed by atoms with E-state index in [0.29, 0.717) is 43.5 Å². The van der Waals surface area contributed by atoms with Crippen LogP contribution >= 0.6 is 0 Å². The first-order valence-corrected chi connectivity index (χ1v) is 9.03. The van der Waals surface area contributed by atoms with Crippen LogP contribution in [0, 0.1) is 11.3 Å². The molecule has 9 heteroatoms. The van der Waals surface area contributed by atoms with Gasteiger partial charge in [-0.15, -0.1) is 0 Å². The molecule has 0 radical (unpaired) electrons. The molecule has 9 nitrogen and oxygen atoms in total. The Hall–Kier alpha value is -2.44. The Kier molecular flexibility index (Phi) is 6.20.